The molecule has 0 heterocycles. The minimum Gasteiger partial charge on any atom is -0.386 e. The minimum atomic E-state index is -1.66. The van der Waals surface area contributed by atoms with Gasteiger partial charge in [-0.2, -0.15) is 0 Å². The molecule has 0 rings (SSSR count). The Morgan fingerprint density at radius 3 is 0.875 bits per heavy atom. The van der Waals surface area contributed by atoms with Crippen LogP contribution in [0, 0.1) is 11.8 Å². The molecular formula is C12H22O4. The van der Waals surface area contributed by atoms with Gasteiger partial charge in [0.15, 0.2) is 11.2 Å². The summed E-state index contributed by atoms with van der Waals surface area (Å²) in [6.07, 6.45) is 0. The molecule has 0 fully saturated rings. The molecule has 94 valence electrons. The van der Waals surface area contributed by atoms with Crippen LogP contribution in [0.15, 0.2) is 0 Å². The molecular weight excluding hydrogens is 208 g/mol. The Morgan fingerprint density at radius 2 is 0.750 bits per heavy atom. The summed E-state index contributed by atoms with van der Waals surface area (Å²) in [4.78, 5) is 0. The van der Waals surface area contributed by atoms with Crippen molar-refractivity contribution in [2.45, 2.75) is 63.9 Å². The minimum absolute atomic E-state index is 1.35. The van der Waals surface area contributed by atoms with Crippen LogP contribution in [-0.4, -0.2) is 42.8 Å². The standard InChI is InChI=1S/C12H22O4/c1-9(2,13)11(5,15)7-8-12(6,16)10(3,4)14/h13-16H,1-6H3. The average Bonchev–Trinajstić information content (AvgIpc) is 1.97. The third-order valence-electron chi connectivity index (χ3n) is 2.93. The van der Waals surface area contributed by atoms with E-state index in [1.807, 2.05) is 0 Å². The summed E-state index contributed by atoms with van der Waals surface area (Å²) in [5.41, 5.74) is -6.17. The van der Waals surface area contributed by atoms with Gasteiger partial charge in [-0.15, -0.1) is 0 Å². The summed E-state index contributed by atoms with van der Waals surface area (Å²) in [6.45, 7) is 8.36. The lowest BCUT2D eigenvalue weighted by molar-refractivity contribution is -0.0891. The molecule has 2 unspecified atom stereocenters. The fraction of sp³-hybridized carbons (Fsp3) is 0.833. The lowest BCUT2D eigenvalue weighted by atomic mass is 9.84. The van der Waals surface area contributed by atoms with Gasteiger partial charge in [0.2, 0.25) is 0 Å². The van der Waals surface area contributed by atoms with Gasteiger partial charge in [-0.1, -0.05) is 11.8 Å². The maximum Gasteiger partial charge on any atom is 0.150 e. The molecule has 4 N–H and O–H groups in total. The van der Waals surface area contributed by atoms with Gasteiger partial charge in [-0.3, -0.25) is 0 Å². The Balaban J connectivity index is 5.17. The maximum absolute atomic E-state index is 9.86. The summed E-state index contributed by atoms with van der Waals surface area (Å²) in [7, 11) is 0. The van der Waals surface area contributed by atoms with Gasteiger partial charge in [0.25, 0.3) is 0 Å². The second-order valence-corrected chi connectivity index (χ2v) is 5.51. The first-order valence-corrected chi connectivity index (χ1v) is 5.14. The lowest BCUT2D eigenvalue weighted by Crippen LogP contribution is -2.49. The van der Waals surface area contributed by atoms with E-state index in [1.165, 1.54) is 41.5 Å². The molecule has 2 atom stereocenters. The molecule has 0 aliphatic rings. The third-order valence-corrected chi connectivity index (χ3v) is 2.93. The van der Waals surface area contributed by atoms with Gasteiger partial charge in [0.1, 0.15) is 0 Å². The van der Waals surface area contributed by atoms with E-state index in [9.17, 15) is 20.4 Å². The Bertz CT molecular complexity index is 275. The summed E-state index contributed by atoms with van der Waals surface area (Å²) < 4.78 is 0. The van der Waals surface area contributed by atoms with Crippen LogP contribution in [0.4, 0.5) is 0 Å². The molecule has 0 amide bonds. The van der Waals surface area contributed by atoms with Gasteiger partial charge in [-0.05, 0) is 41.5 Å². The van der Waals surface area contributed by atoms with Gasteiger partial charge in [0, 0.05) is 0 Å². The van der Waals surface area contributed by atoms with Crippen LogP contribution in [0.25, 0.3) is 0 Å². The highest BCUT2D eigenvalue weighted by molar-refractivity contribution is 5.25. The number of rotatable bonds is 2. The first-order valence-electron chi connectivity index (χ1n) is 5.14. The summed E-state index contributed by atoms with van der Waals surface area (Å²) in [5, 5.41) is 39.0. The zero-order chi connectivity index (χ0) is 13.4. The Labute approximate surface area is 96.9 Å². The van der Waals surface area contributed by atoms with Crippen LogP contribution < -0.4 is 0 Å². The fourth-order valence-corrected chi connectivity index (χ4v) is 0.549. The molecule has 0 saturated heterocycles. The van der Waals surface area contributed by atoms with Crippen molar-refractivity contribution in [1.82, 2.24) is 0 Å². The second kappa shape index (κ2) is 4.01. The van der Waals surface area contributed by atoms with Crippen LogP contribution in [0.5, 0.6) is 0 Å². The van der Waals surface area contributed by atoms with E-state index in [1.54, 1.807) is 0 Å². The zero-order valence-corrected chi connectivity index (χ0v) is 10.8. The van der Waals surface area contributed by atoms with Crippen molar-refractivity contribution in [3.05, 3.63) is 0 Å². The average molecular weight is 230 g/mol. The third kappa shape index (κ3) is 3.46. The predicted molar refractivity (Wildman–Crippen MR) is 61.6 cm³/mol. The number of hydrogen-bond acceptors (Lipinski definition) is 4. The van der Waals surface area contributed by atoms with Crippen molar-refractivity contribution < 1.29 is 20.4 Å². The van der Waals surface area contributed by atoms with Gasteiger partial charge in [0.05, 0.1) is 11.2 Å². The van der Waals surface area contributed by atoms with E-state index in [0.29, 0.717) is 0 Å². The van der Waals surface area contributed by atoms with Gasteiger partial charge >= 0.3 is 0 Å². The number of hydrogen-bond donors (Lipinski definition) is 4. The second-order valence-electron chi connectivity index (χ2n) is 5.51. The van der Waals surface area contributed by atoms with E-state index < -0.39 is 22.4 Å². The number of aliphatic hydroxyl groups is 4. The largest absolute Gasteiger partial charge is 0.386 e. The van der Waals surface area contributed by atoms with Crippen LogP contribution in [-0.2, 0) is 0 Å². The van der Waals surface area contributed by atoms with Crippen LogP contribution in [0.2, 0.25) is 0 Å². The highest BCUT2D eigenvalue weighted by atomic mass is 16.4. The van der Waals surface area contributed by atoms with E-state index in [2.05, 4.69) is 11.8 Å². The van der Waals surface area contributed by atoms with Gasteiger partial charge in [-0.25, -0.2) is 0 Å². The Hall–Kier alpha value is -0.600. The van der Waals surface area contributed by atoms with Crippen LogP contribution >= 0.6 is 0 Å². The first-order chi connectivity index (χ1) is 6.71. The lowest BCUT2D eigenvalue weighted by Gasteiger charge is -2.33. The fourth-order valence-electron chi connectivity index (χ4n) is 0.549. The van der Waals surface area contributed by atoms with E-state index in [0.717, 1.165) is 0 Å². The van der Waals surface area contributed by atoms with Crippen LogP contribution in [0.3, 0.4) is 0 Å². The molecule has 16 heavy (non-hydrogen) atoms. The molecule has 0 aliphatic heterocycles. The monoisotopic (exact) mass is 230 g/mol. The molecule has 4 heteroatoms. The quantitative estimate of drug-likeness (QED) is 0.505. The molecule has 0 bridgehead atoms. The molecule has 0 saturated carbocycles. The van der Waals surface area contributed by atoms with E-state index in [-0.39, 0.29) is 0 Å². The van der Waals surface area contributed by atoms with E-state index >= 15 is 0 Å². The smallest absolute Gasteiger partial charge is 0.150 e. The SMILES string of the molecule is CC(C)(O)C(C)(O)C#CC(C)(O)C(C)(C)O. The maximum atomic E-state index is 9.86. The zero-order valence-electron chi connectivity index (χ0n) is 10.8. The molecule has 0 aromatic rings. The first kappa shape index (κ1) is 15.4. The van der Waals surface area contributed by atoms with Gasteiger partial charge < -0.3 is 20.4 Å². The van der Waals surface area contributed by atoms with Crippen molar-refractivity contribution >= 4 is 0 Å². The van der Waals surface area contributed by atoms with Crippen molar-refractivity contribution in [2.75, 3.05) is 0 Å². The molecule has 4 nitrogen and oxygen atoms in total. The predicted octanol–water partition coefficient (Wildman–Crippen LogP) is 0.0336. The van der Waals surface area contributed by atoms with Crippen LogP contribution in [0.1, 0.15) is 41.5 Å². The summed E-state index contributed by atoms with van der Waals surface area (Å²) >= 11 is 0. The van der Waals surface area contributed by atoms with Crippen molar-refractivity contribution in [1.29, 1.82) is 0 Å². The topological polar surface area (TPSA) is 80.9 Å². The normalized spacial score (nSPS) is 20.4. The van der Waals surface area contributed by atoms with E-state index in [4.69, 9.17) is 0 Å². The van der Waals surface area contributed by atoms with Crippen molar-refractivity contribution in [3.63, 3.8) is 0 Å². The summed E-state index contributed by atoms with van der Waals surface area (Å²) in [5.74, 6) is 4.78. The molecule has 0 aliphatic carbocycles. The van der Waals surface area contributed by atoms with Crippen molar-refractivity contribution in [2.24, 2.45) is 0 Å². The molecule has 0 spiro atoms. The Kier molecular flexibility index (Phi) is 3.86. The van der Waals surface area contributed by atoms with Crippen molar-refractivity contribution in [3.8, 4) is 11.8 Å². The Morgan fingerprint density at radius 1 is 0.562 bits per heavy atom. The molecule has 0 aromatic carbocycles. The summed E-state index contributed by atoms with van der Waals surface area (Å²) in [6, 6.07) is 0. The molecule has 0 aromatic heterocycles. The highest BCUT2D eigenvalue weighted by Gasteiger charge is 2.39. The molecule has 0 radical (unpaired) electrons. The highest BCUT2D eigenvalue weighted by Crippen LogP contribution is 2.23.